The fraction of sp³-hybridized carbons (Fsp3) is 0.333. The lowest BCUT2D eigenvalue weighted by atomic mass is 10.1. The Kier molecular flexibility index (Phi) is 6.75. The second kappa shape index (κ2) is 8.62. The summed E-state index contributed by atoms with van der Waals surface area (Å²) >= 11 is 3.38. The third kappa shape index (κ3) is 4.60. The number of hydrogen-bond donors (Lipinski definition) is 1. The quantitative estimate of drug-likeness (QED) is 0.575. The van der Waals surface area contributed by atoms with Gasteiger partial charge in [0.25, 0.3) is 0 Å². The van der Waals surface area contributed by atoms with Crippen LogP contribution in [0.3, 0.4) is 0 Å². The fourth-order valence-electron chi connectivity index (χ4n) is 2.34. The number of rotatable bonds is 4. The predicted molar refractivity (Wildman–Crippen MR) is 95.4 cm³/mol. The van der Waals surface area contributed by atoms with Crippen LogP contribution in [0, 0.1) is 0 Å². The first-order valence-corrected chi connectivity index (χ1v) is 8.79. The van der Waals surface area contributed by atoms with Gasteiger partial charge in [0, 0.05) is 0 Å². The van der Waals surface area contributed by atoms with Gasteiger partial charge in [0.15, 0.2) is 5.75 Å². The highest BCUT2D eigenvalue weighted by molar-refractivity contribution is 9.10. The van der Waals surface area contributed by atoms with Crippen LogP contribution in [0.15, 0.2) is 46.9 Å². The van der Waals surface area contributed by atoms with Crippen molar-refractivity contribution < 1.29 is 27.0 Å². The summed E-state index contributed by atoms with van der Waals surface area (Å²) in [5.74, 6) is 0.324. The molecular formula is C18H18BrF4NO2. The molecule has 3 nitrogen and oxygen atoms in total. The van der Waals surface area contributed by atoms with Crippen molar-refractivity contribution in [2.75, 3.05) is 11.9 Å². The number of ether oxygens (including phenoxy) is 2. The second-order valence-electron chi connectivity index (χ2n) is 5.16. The maximum atomic E-state index is 13.0. The van der Waals surface area contributed by atoms with Gasteiger partial charge in [0.2, 0.25) is 0 Å². The summed E-state index contributed by atoms with van der Waals surface area (Å²) in [6.07, 6.45) is -8.44. The molecule has 26 heavy (non-hydrogen) atoms. The number of nitrogens with one attached hydrogen (secondary N) is 1. The van der Waals surface area contributed by atoms with Crippen molar-refractivity contribution in [1.29, 1.82) is 0 Å². The summed E-state index contributed by atoms with van der Waals surface area (Å²) in [7, 11) is 0. The van der Waals surface area contributed by atoms with Crippen molar-refractivity contribution >= 4 is 21.6 Å². The smallest absolute Gasteiger partial charge is 0.461 e. The lowest BCUT2D eigenvalue weighted by Gasteiger charge is -2.28. The summed E-state index contributed by atoms with van der Waals surface area (Å²) in [6.45, 7) is 4.25. The van der Waals surface area contributed by atoms with Crippen molar-refractivity contribution in [1.82, 2.24) is 0 Å². The van der Waals surface area contributed by atoms with Gasteiger partial charge in [-0.3, -0.25) is 0 Å². The Balaban J connectivity index is 0.00000117. The zero-order valence-electron chi connectivity index (χ0n) is 14.1. The Morgan fingerprint density at radius 1 is 1.19 bits per heavy atom. The molecule has 142 valence electrons. The van der Waals surface area contributed by atoms with Crippen molar-refractivity contribution in [3.8, 4) is 11.5 Å². The van der Waals surface area contributed by atoms with E-state index in [2.05, 4.69) is 26.0 Å². The van der Waals surface area contributed by atoms with Crippen LogP contribution in [0.4, 0.5) is 23.2 Å². The van der Waals surface area contributed by atoms with Crippen LogP contribution < -0.4 is 14.8 Å². The number of fused-ring (bicyclic) bond motifs is 1. The number of hydrogen-bond acceptors (Lipinski definition) is 3. The van der Waals surface area contributed by atoms with E-state index in [1.807, 2.05) is 32.0 Å². The van der Waals surface area contributed by atoms with Gasteiger partial charge in [-0.15, -0.1) is 0 Å². The number of halogens is 5. The van der Waals surface area contributed by atoms with E-state index < -0.39 is 12.5 Å². The summed E-state index contributed by atoms with van der Waals surface area (Å²) in [5.41, 5.74) is 1.33. The molecule has 2 aromatic carbocycles. The molecule has 0 amide bonds. The summed E-state index contributed by atoms with van der Waals surface area (Å²) in [6, 6.07) is 10.8. The first kappa shape index (κ1) is 20.4. The maximum absolute atomic E-state index is 13.0. The number of alkyl halides is 4. The number of benzene rings is 2. The van der Waals surface area contributed by atoms with E-state index in [9.17, 15) is 17.6 Å². The SMILES string of the molecule is CC.FC(F)C(F)(F)Oc1cccc(C2COc3c(Br)cccc3N2)c1. The molecule has 0 saturated carbocycles. The maximum Gasteiger partial charge on any atom is 0.461 e. The van der Waals surface area contributed by atoms with Gasteiger partial charge in [0.05, 0.1) is 16.2 Å². The van der Waals surface area contributed by atoms with Crippen LogP contribution in [0.2, 0.25) is 0 Å². The Morgan fingerprint density at radius 2 is 1.88 bits per heavy atom. The van der Waals surface area contributed by atoms with E-state index in [1.54, 1.807) is 6.07 Å². The van der Waals surface area contributed by atoms with Crippen molar-refractivity contribution in [3.63, 3.8) is 0 Å². The Hall–Kier alpha value is -1.96. The highest BCUT2D eigenvalue weighted by Gasteiger charge is 2.44. The summed E-state index contributed by atoms with van der Waals surface area (Å²) < 4.78 is 61.1. The van der Waals surface area contributed by atoms with E-state index in [1.165, 1.54) is 18.2 Å². The van der Waals surface area contributed by atoms with Crippen LogP contribution in [-0.4, -0.2) is 19.1 Å². The Morgan fingerprint density at radius 3 is 2.58 bits per heavy atom. The summed E-state index contributed by atoms with van der Waals surface area (Å²) in [4.78, 5) is 0. The normalized spacial score (nSPS) is 15.9. The first-order chi connectivity index (χ1) is 12.4. The molecular weight excluding hydrogens is 418 g/mol. The highest BCUT2D eigenvalue weighted by Crippen LogP contribution is 2.39. The van der Waals surface area contributed by atoms with Gasteiger partial charge < -0.3 is 14.8 Å². The molecule has 0 fully saturated rings. The zero-order chi connectivity index (χ0) is 19.3. The van der Waals surface area contributed by atoms with E-state index in [0.29, 0.717) is 11.3 Å². The van der Waals surface area contributed by atoms with Crippen LogP contribution >= 0.6 is 15.9 Å². The number of para-hydroxylation sites is 1. The van der Waals surface area contributed by atoms with Crippen molar-refractivity contribution in [2.45, 2.75) is 32.4 Å². The lowest BCUT2D eigenvalue weighted by Crippen LogP contribution is -2.33. The molecule has 2 aromatic rings. The predicted octanol–water partition coefficient (Wildman–Crippen LogP) is 6.26. The van der Waals surface area contributed by atoms with Crippen molar-refractivity contribution in [3.05, 3.63) is 52.5 Å². The molecule has 0 spiro atoms. The molecule has 1 aliphatic heterocycles. The van der Waals surface area contributed by atoms with Gasteiger partial charge in [-0.05, 0) is 45.8 Å². The van der Waals surface area contributed by atoms with Crippen molar-refractivity contribution in [2.24, 2.45) is 0 Å². The summed E-state index contributed by atoms with van der Waals surface area (Å²) in [5, 5.41) is 3.22. The third-order valence-corrected chi connectivity index (χ3v) is 4.08. The average Bonchev–Trinajstić information content (AvgIpc) is 2.63. The van der Waals surface area contributed by atoms with Gasteiger partial charge >= 0.3 is 12.5 Å². The first-order valence-electron chi connectivity index (χ1n) is 7.99. The lowest BCUT2D eigenvalue weighted by molar-refractivity contribution is -0.253. The topological polar surface area (TPSA) is 30.5 Å². The molecule has 0 radical (unpaired) electrons. The van der Waals surface area contributed by atoms with Gasteiger partial charge in [-0.2, -0.15) is 17.6 Å². The van der Waals surface area contributed by atoms with E-state index >= 15 is 0 Å². The molecule has 3 rings (SSSR count). The molecule has 1 atom stereocenters. The molecule has 8 heteroatoms. The average molecular weight is 436 g/mol. The monoisotopic (exact) mass is 435 g/mol. The molecule has 1 unspecified atom stereocenters. The van der Waals surface area contributed by atoms with Crippen LogP contribution in [-0.2, 0) is 0 Å². The van der Waals surface area contributed by atoms with Crippen LogP contribution in [0.1, 0.15) is 25.5 Å². The molecule has 1 heterocycles. The molecule has 0 aliphatic carbocycles. The highest BCUT2D eigenvalue weighted by atomic mass is 79.9. The minimum absolute atomic E-state index is 0.254. The van der Waals surface area contributed by atoms with Crippen LogP contribution in [0.5, 0.6) is 11.5 Å². The van der Waals surface area contributed by atoms with E-state index in [-0.39, 0.29) is 18.4 Å². The minimum Gasteiger partial charge on any atom is -0.488 e. The third-order valence-electron chi connectivity index (χ3n) is 3.46. The molecule has 0 saturated heterocycles. The van der Waals surface area contributed by atoms with Gasteiger partial charge in [-0.25, -0.2) is 0 Å². The second-order valence-corrected chi connectivity index (χ2v) is 6.02. The molecule has 1 aliphatic rings. The van der Waals surface area contributed by atoms with E-state index in [4.69, 9.17) is 4.74 Å². The molecule has 0 aromatic heterocycles. The van der Waals surface area contributed by atoms with E-state index in [0.717, 1.165) is 10.2 Å². The minimum atomic E-state index is -4.54. The zero-order valence-corrected chi connectivity index (χ0v) is 15.7. The Bertz CT molecular complexity index is 743. The van der Waals surface area contributed by atoms with Crippen LogP contribution in [0.25, 0.3) is 0 Å². The largest absolute Gasteiger partial charge is 0.488 e. The van der Waals surface area contributed by atoms with Gasteiger partial charge in [0.1, 0.15) is 12.4 Å². The standard InChI is InChI=1S/C16H12BrF4NO2.C2H6/c17-11-5-2-6-12-14(11)23-8-13(22-12)9-3-1-4-10(7-9)24-16(20,21)15(18)19;1-2/h1-7,13,15,22H,8H2;1-2H3. The number of anilines is 1. The Labute approximate surface area is 157 Å². The molecule has 0 bridgehead atoms. The van der Waals surface area contributed by atoms with Gasteiger partial charge in [-0.1, -0.05) is 32.0 Å². The molecule has 1 N–H and O–H groups in total. The fourth-order valence-corrected chi connectivity index (χ4v) is 2.82.